The standard InChI is InChI=1S/C24H26NO2P/c1-17-13-14-21(27-16-26-4)22(15-17)28-24-18(2)9-8-12-20(24)23(25-3)19-10-6-5-7-11-19/h5-15,28H,16H2,1-4H3. The number of rotatable bonds is 7. The van der Waals surface area contributed by atoms with Gasteiger partial charge < -0.3 is 9.47 Å². The van der Waals surface area contributed by atoms with Crippen molar-refractivity contribution in [2.24, 2.45) is 4.99 Å². The maximum Gasteiger partial charge on any atom is 0.188 e. The second kappa shape index (κ2) is 9.64. The molecule has 144 valence electrons. The second-order valence-corrected chi connectivity index (χ2v) is 7.90. The number of ether oxygens (including phenoxy) is 2. The van der Waals surface area contributed by atoms with Crippen LogP contribution in [0.25, 0.3) is 0 Å². The van der Waals surface area contributed by atoms with Gasteiger partial charge in [-0.2, -0.15) is 0 Å². The van der Waals surface area contributed by atoms with E-state index < -0.39 is 0 Å². The molecule has 3 nitrogen and oxygen atoms in total. The van der Waals surface area contributed by atoms with Crippen molar-refractivity contribution < 1.29 is 9.47 Å². The van der Waals surface area contributed by atoms with Crippen LogP contribution in [-0.4, -0.2) is 26.7 Å². The summed E-state index contributed by atoms with van der Waals surface area (Å²) in [6.07, 6.45) is 0. The zero-order valence-electron chi connectivity index (χ0n) is 16.8. The maximum absolute atomic E-state index is 5.82. The second-order valence-electron chi connectivity index (χ2n) is 6.61. The van der Waals surface area contributed by atoms with Gasteiger partial charge in [0.1, 0.15) is 5.75 Å². The van der Waals surface area contributed by atoms with Gasteiger partial charge in [0, 0.05) is 30.6 Å². The highest BCUT2D eigenvalue weighted by Crippen LogP contribution is 2.25. The fraction of sp³-hybridized carbons (Fsp3) is 0.208. The lowest BCUT2D eigenvalue weighted by molar-refractivity contribution is 0.0519. The largest absolute Gasteiger partial charge is 0.467 e. The van der Waals surface area contributed by atoms with Crippen LogP contribution in [0.4, 0.5) is 0 Å². The van der Waals surface area contributed by atoms with Crippen molar-refractivity contribution >= 4 is 24.9 Å². The Morgan fingerprint density at radius 2 is 1.75 bits per heavy atom. The molecule has 4 heteroatoms. The molecule has 3 aromatic rings. The predicted octanol–water partition coefficient (Wildman–Crippen LogP) is 4.38. The highest BCUT2D eigenvalue weighted by molar-refractivity contribution is 7.56. The Morgan fingerprint density at radius 1 is 0.964 bits per heavy atom. The molecule has 1 atom stereocenters. The molecule has 1 unspecified atom stereocenters. The van der Waals surface area contributed by atoms with Crippen LogP contribution in [-0.2, 0) is 4.74 Å². The van der Waals surface area contributed by atoms with Gasteiger partial charge in [0.05, 0.1) is 5.71 Å². The third kappa shape index (κ3) is 4.67. The van der Waals surface area contributed by atoms with Crippen LogP contribution < -0.4 is 15.3 Å². The fourth-order valence-corrected chi connectivity index (χ4v) is 4.62. The van der Waals surface area contributed by atoms with Gasteiger partial charge in [-0.25, -0.2) is 0 Å². The highest BCUT2D eigenvalue weighted by Gasteiger charge is 2.15. The molecule has 0 aliphatic carbocycles. The van der Waals surface area contributed by atoms with E-state index in [0.29, 0.717) is 8.58 Å². The molecule has 28 heavy (non-hydrogen) atoms. The van der Waals surface area contributed by atoms with E-state index >= 15 is 0 Å². The molecule has 0 aliphatic rings. The quantitative estimate of drug-likeness (QED) is 0.340. The van der Waals surface area contributed by atoms with Gasteiger partial charge in [0.2, 0.25) is 0 Å². The summed E-state index contributed by atoms with van der Waals surface area (Å²) in [7, 11) is 3.96. The minimum atomic E-state index is 0.243. The van der Waals surface area contributed by atoms with Crippen molar-refractivity contribution in [3.8, 4) is 5.75 Å². The van der Waals surface area contributed by atoms with E-state index in [-0.39, 0.29) is 6.79 Å². The fourth-order valence-electron chi connectivity index (χ4n) is 3.16. The molecule has 3 rings (SSSR count). The first-order valence-corrected chi connectivity index (χ1v) is 10.3. The number of hydrogen-bond donors (Lipinski definition) is 0. The third-order valence-electron chi connectivity index (χ3n) is 4.53. The summed E-state index contributed by atoms with van der Waals surface area (Å²) < 4.78 is 10.9. The number of aryl methyl sites for hydroxylation is 2. The molecule has 0 aliphatic heterocycles. The van der Waals surface area contributed by atoms with Crippen LogP contribution in [0.5, 0.6) is 5.75 Å². The topological polar surface area (TPSA) is 30.8 Å². The lowest BCUT2D eigenvalue weighted by atomic mass is 10.0. The number of methoxy groups -OCH3 is 1. The number of benzene rings is 3. The summed E-state index contributed by atoms with van der Waals surface area (Å²) in [5.41, 5.74) is 5.79. The smallest absolute Gasteiger partial charge is 0.188 e. The Labute approximate surface area is 169 Å². The van der Waals surface area contributed by atoms with Crippen LogP contribution in [0.15, 0.2) is 71.7 Å². The Morgan fingerprint density at radius 3 is 2.46 bits per heavy atom. The van der Waals surface area contributed by atoms with Crippen molar-refractivity contribution in [3.05, 3.63) is 89.0 Å². The molecule has 0 amide bonds. The van der Waals surface area contributed by atoms with E-state index in [9.17, 15) is 0 Å². The molecule has 3 aromatic carbocycles. The van der Waals surface area contributed by atoms with Crippen LogP contribution in [0, 0.1) is 13.8 Å². The zero-order valence-corrected chi connectivity index (χ0v) is 17.8. The predicted molar refractivity (Wildman–Crippen MR) is 120 cm³/mol. The Balaban J connectivity index is 2.06. The molecular weight excluding hydrogens is 365 g/mol. The van der Waals surface area contributed by atoms with Gasteiger partial charge in [0.15, 0.2) is 6.79 Å². The van der Waals surface area contributed by atoms with E-state index in [0.717, 1.165) is 17.0 Å². The monoisotopic (exact) mass is 391 g/mol. The molecule has 0 bridgehead atoms. The van der Waals surface area contributed by atoms with E-state index in [1.165, 1.54) is 27.3 Å². The van der Waals surface area contributed by atoms with Crippen molar-refractivity contribution in [2.75, 3.05) is 21.0 Å². The highest BCUT2D eigenvalue weighted by atomic mass is 31.1. The van der Waals surface area contributed by atoms with Gasteiger partial charge in [0.25, 0.3) is 0 Å². The molecule has 0 saturated heterocycles. The number of hydrogen-bond acceptors (Lipinski definition) is 3. The average molecular weight is 391 g/mol. The summed E-state index contributed by atoms with van der Waals surface area (Å²) in [4.78, 5) is 4.63. The Bertz CT molecular complexity index is 968. The number of aliphatic imine (C=N–C) groups is 1. The first-order chi connectivity index (χ1) is 13.6. The van der Waals surface area contributed by atoms with E-state index in [2.05, 4.69) is 73.4 Å². The van der Waals surface area contributed by atoms with Crippen molar-refractivity contribution in [3.63, 3.8) is 0 Å². The first-order valence-electron chi connectivity index (χ1n) is 9.25. The van der Waals surface area contributed by atoms with Crippen LogP contribution in [0.2, 0.25) is 0 Å². The van der Waals surface area contributed by atoms with Crippen LogP contribution in [0.3, 0.4) is 0 Å². The van der Waals surface area contributed by atoms with Gasteiger partial charge in [-0.15, -0.1) is 0 Å². The molecule has 0 fully saturated rings. The molecule has 0 heterocycles. The Kier molecular flexibility index (Phi) is 6.97. The SMILES string of the molecule is CN=C(c1ccccc1)c1cccc(C)c1Pc1cc(C)ccc1OCOC. The van der Waals surface area contributed by atoms with E-state index in [1.54, 1.807) is 7.11 Å². The summed E-state index contributed by atoms with van der Waals surface area (Å²) in [5.74, 6) is 0.870. The van der Waals surface area contributed by atoms with Gasteiger partial charge in [-0.3, -0.25) is 4.99 Å². The molecule has 0 aromatic heterocycles. The normalized spacial score (nSPS) is 11.9. The lowest BCUT2D eigenvalue weighted by Gasteiger charge is -2.17. The van der Waals surface area contributed by atoms with E-state index in [4.69, 9.17) is 9.47 Å². The zero-order chi connectivity index (χ0) is 19.9. The molecule has 0 saturated carbocycles. The maximum atomic E-state index is 5.82. The molecule has 0 N–H and O–H groups in total. The summed E-state index contributed by atoms with van der Waals surface area (Å²) >= 11 is 0. The first kappa shape index (κ1) is 20.3. The van der Waals surface area contributed by atoms with E-state index in [1.807, 2.05) is 19.2 Å². The molecule has 0 radical (unpaired) electrons. The van der Waals surface area contributed by atoms with Crippen LogP contribution >= 0.6 is 8.58 Å². The minimum absolute atomic E-state index is 0.243. The Hall–Kier alpha value is -2.48. The minimum Gasteiger partial charge on any atom is -0.467 e. The average Bonchev–Trinajstić information content (AvgIpc) is 2.71. The summed E-state index contributed by atoms with van der Waals surface area (Å²) in [5, 5.41) is 2.47. The van der Waals surface area contributed by atoms with Gasteiger partial charge in [-0.05, 0) is 36.8 Å². The molecular formula is C24H26NO2P. The molecule has 0 spiro atoms. The van der Waals surface area contributed by atoms with Crippen LogP contribution in [0.1, 0.15) is 22.3 Å². The van der Waals surface area contributed by atoms with Crippen molar-refractivity contribution in [1.82, 2.24) is 0 Å². The number of nitrogens with zero attached hydrogens (tertiary/aromatic N) is 1. The summed E-state index contributed by atoms with van der Waals surface area (Å²) in [6.45, 7) is 4.51. The third-order valence-corrected chi connectivity index (χ3v) is 6.10. The van der Waals surface area contributed by atoms with Gasteiger partial charge in [-0.1, -0.05) is 68.7 Å². The van der Waals surface area contributed by atoms with Crippen molar-refractivity contribution in [1.29, 1.82) is 0 Å². The van der Waals surface area contributed by atoms with Gasteiger partial charge >= 0.3 is 0 Å². The van der Waals surface area contributed by atoms with Crippen molar-refractivity contribution in [2.45, 2.75) is 13.8 Å². The summed E-state index contributed by atoms with van der Waals surface area (Å²) in [6, 6.07) is 23.1. The lowest BCUT2D eigenvalue weighted by Crippen LogP contribution is -2.19.